The van der Waals surface area contributed by atoms with E-state index in [1.807, 2.05) is 0 Å². The largest absolute Gasteiger partial charge is 0.504 e. The molecule has 0 aliphatic carbocycles. The van der Waals surface area contributed by atoms with Gasteiger partial charge < -0.3 is 14.6 Å². The zero-order valence-corrected chi connectivity index (χ0v) is 21.0. The molecule has 1 aromatic carbocycles. The monoisotopic (exact) mass is 460 g/mol. The Kier molecular flexibility index (Phi) is 15.8. The van der Waals surface area contributed by atoms with Crippen molar-refractivity contribution >= 4 is 17.8 Å². The fraction of sp³-hybridized carbons (Fsp3) is 0.643. The summed E-state index contributed by atoms with van der Waals surface area (Å²) in [6, 6.07) is 4.70. The van der Waals surface area contributed by atoms with Crippen molar-refractivity contribution in [2.75, 3.05) is 13.7 Å². The van der Waals surface area contributed by atoms with E-state index in [4.69, 9.17) is 9.47 Å². The van der Waals surface area contributed by atoms with E-state index in [0.29, 0.717) is 12.0 Å². The van der Waals surface area contributed by atoms with Crippen LogP contribution in [-0.2, 0) is 14.3 Å². The first-order valence-corrected chi connectivity index (χ1v) is 12.8. The standard InChI is InChI=1S/C28H44O5/c1-4-6-7-8-9-10-11-12-13-14-15-16-17-18-25(29)24(28(31)33-5-2)21-23-19-20-26(30)27(22-23)32-3/h19-22,30H,4-18H2,1-3H3/b24-21+. The lowest BCUT2D eigenvalue weighted by Gasteiger charge is -2.08. The van der Waals surface area contributed by atoms with Gasteiger partial charge in [0, 0.05) is 6.42 Å². The molecule has 33 heavy (non-hydrogen) atoms. The zero-order valence-electron chi connectivity index (χ0n) is 21.0. The summed E-state index contributed by atoms with van der Waals surface area (Å²) in [5.41, 5.74) is 0.648. The number of carbonyl (C=O) groups is 2. The van der Waals surface area contributed by atoms with Crippen molar-refractivity contribution in [1.29, 1.82) is 0 Å². The molecule has 0 saturated carbocycles. The number of rotatable bonds is 19. The number of esters is 1. The van der Waals surface area contributed by atoms with Crippen LogP contribution in [0, 0.1) is 0 Å². The number of ether oxygens (including phenoxy) is 2. The van der Waals surface area contributed by atoms with Crippen molar-refractivity contribution in [3.8, 4) is 11.5 Å². The molecular weight excluding hydrogens is 416 g/mol. The van der Waals surface area contributed by atoms with Crippen LogP contribution in [-0.4, -0.2) is 30.6 Å². The molecule has 0 bridgehead atoms. The lowest BCUT2D eigenvalue weighted by Crippen LogP contribution is -2.16. The summed E-state index contributed by atoms with van der Waals surface area (Å²) >= 11 is 0. The number of hydrogen-bond acceptors (Lipinski definition) is 5. The Labute approximate surface area is 200 Å². The van der Waals surface area contributed by atoms with Gasteiger partial charge in [0.1, 0.15) is 5.57 Å². The summed E-state index contributed by atoms with van der Waals surface area (Å²) in [7, 11) is 1.45. The molecule has 0 aliphatic heterocycles. The lowest BCUT2D eigenvalue weighted by molar-refractivity contribution is -0.139. The second-order valence-corrected chi connectivity index (χ2v) is 8.63. The third kappa shape index (κ3) is 12.5. The van der Waals surface area contributed by atoms with Crippen LogP contribution in [0.15, 0.2) is 23.8 Å². The minimum Gasteiger partial charge on any atom is -0.504 e. The van der Waals surface area contributed by atoms with Gasteiger partial charge in [-0.2, -0.15) is 0 Å². The van der Waals surface area contributed by atoms with Crippen molar-refractivity contribution in [2.24, 2.45) is 0 Å². The molecule has 1 aromatic rings. The molecule has 0 spiro atoms. The molecule has 0 unspecified atom stereocenters. The third-order valence-electron chi connectivity index (χ3n) is 5.82. The molecule has 186 valence electrons. The van der Waals surface area contributed by atoms with Gasteiger partial charge in [0.25, 0.3) is 0 Å². The SMILES string of the molecule is CCCCCCCCCCCCCCCC(=O)/C(=C\c1ccc(O)c(OC)c1)C(=O)OCC. The average molecular weight is 461 g/mol. The second kappa shape index (κ2) is 18.2. The molecule has 5 nitrogen and oxygen atoms in total. The topological polar surface area (TPSA) is 72.8 Å². The van der Waals surface area contributed by atoms with Crippen LogP contribution < -0.4 is 4.74 Å². The molecule has 0 amide bonds. The first-order chi connectivity index (χ1) is 16.0. The Morgan fingerprint density at radius 2 is 1.39 bits per heavy atom. The van der Waals surface area contributed by atoms with Crippen LogP contribution in [0.1, 0.15) is 109 Å². The molecule has 0 fully saturated rings. The number of methoxy groups -OCH3 is 1. The van der Waals surface area contributed by atoms with Gasteiger partial charge in [0.2, 0.25) is 0 Å². The van der Waals surface area contributed by atoms with Gasteiger partial charge in [-0.3, -0.25) is 4.79 Å². The quantitative estimate of drug-likeness (QED) is 0.0765. The van der Waals surface area contributed by atoms with Gasteiger partial charge >= 0.3 is 5.97 Å². The Morgan fingerprint density at radius 1 is 0.848 bits per heavy atom. The van der Waals surface area contributed by atoms with Gasteiger partial charge in [0.15, 0.2) is 17.3 Å². The summed E-state index contributed by atoms with van der Waals surface area (Å²) in [6.45, 7) is 4.18. The van der Waals surface area contributed by atoms with E-state index in [0.717, 1.165) is 19.3 Å². The van der Waals surface area contributed by atoms with E-state index in [1.54, 1.807) is 19.1 Å². The highest BCUT2D eigenvalue weighted by Gasteiger charge is 2.19. The minimum absolute atomic E-state index is 0.00522. The highest BCUT2D eigenvalue weighted by Crippen LogP contribution is 2.27. The summed E-state index contributed by atoms with van der Waals surface area (Å²) in [5, 5.41) is 9.75. The summed E-state index contributed by atoms with van der Waals surface area (Å²) < 4.78 is 10.2. The zero-order chi connectivity index (χ0) is 24.3. The lowest BCUT2D eigenvalue weighted by atomic mass is 10.0. The maximum atomic E-state index is 12.7. The van der Waals surface area contributed by atoms with E-state index in [1.165, 1.54) is 83.5 Å². The Balaban J connectivity index is 2.37. The van der Waals surface area contributed by atoms with Crippen LogP contribution in [0.2, 0.25) is 0 Å². The predicted molar refractivity (Wildman–Crippen MR) is 135 cm³/mol. The summed E-state index contributed by atoms with van der Waals surface area (Å²) in [5.74, 6) is -0.519. The smallest absolute Gasteiger partial charge is 0.341 e. The summed E-state index contributed by atoms with van der Waals surface area (Å²) in [4.78, 5) is 25.1. The molecule has 1 N–H and O–H groups in total. The number of Topliss-reactive ketones (excluding diaryl/α,β-unsaturated/α-hetero) is 1. The number of aromatic hydroxyl groups is 1. The maximum absolute atomic E-state index is 12.7. The Bertz CT molecular complexity index is 723. The number of phenolic OH excluding ortho intramolecular Hbond substituents is 1. The Hall–Kier alpha value is -2.30. The van der Waals surface area contributed by atoms with E-state index >= 15 is 0 Å². The molecule has 5 heteroatoms. The maximum Gasteiger partial charge on any atom is 0.341 e. The highest BCUT2D eigenvalue weighted by molar-refractivity contribution is 6.20. The molecule has 0 aromatic heterocycles. The second-order valence-electron chi connectivity index (χ2n) is 8.63. The van der Waals surface area contributed by atoms with E-state index in [-0.39, 0.29) is 29.5 Å². The van der Waals surface area contributed by atoms with Gasteiger partial charge in [0.05, 0.1) is 13.7 Å². The normalized spacial score (nSPS) is 11.4. The molecule has 0 atom stereocenters. The molecule has 0 saturated heterocycles. The van der Waals surface area contributed by atoms with Gasteiger partial charge in [-0.05, 0) is 37.1 Å². The van der Waals surface area contributed by atoms with Crippen LogP contribution in [0.5, 0.6) is 11.5 Å². The van der Waals surface area contributed by atoms with Crippen LogP contribution in [0.3, 0.4) is 0 Å². The Morgan fingerprint density at radius 3 is 1.91 bits per heavy atom. The highest BCUT2D eigenvalue weighted by atomic mass is 16.5. The first-order valence-electron chi connectivity index (χ1n) is 12.8. The van der Waals surface area contributed by atoms with E-state index in [9.17, 15) is 14.7 Å². The molecule has 0 radical (unpaired) electrons. The van der Waals surface area contributed by atoms with Crippen molar-refractivity contribution in [3.63, 3.8) is 0 Å². The average Bonchev–Trinajstić information content (AvgIpc) is 2.81. The molecule has 0 aliphatic rings. The predicted octanol–water partition coefficient (Wildman–Crippen LogP) is 7.40. The van der Waals surface area contributed by atoms with Crippen LogP contribution in [0.25, 0.3) is 6.08 Å². The van der Waals surface area contributed by atoms with Crippen molar-refractivity contribution < 1.29 is 24.2 Å². The van der Waals surface area contributed by atoms with Gasteiger partial charge in [-0.25, -0.2) is 4.79 Å². The number of benzene rings is 1. The number of carbonyl (C=O) groups excluding carboxylic acids is 2. The molecule has 0 heterocycles. The number of unbranched alkanes of at least 4 members (excludes halogenated alkanes) is 12. The minimum atomic E-state index is -0.607. The van der Waals surface area contributed by atoms with Crippen LogP contribution >= 0.6 is 0 Å². The van der Waals surface area contributed by atoms with Gasteiger partial charge in [-0.1, -0.05) is 90.0 Å². The van der Waals surface area contributed by atoms with Crippen molar-refractivity contribution in [1.82, 2.24) is 0 Å². The fourth-order valence-electron chi connectivity index (χ4n) is 3.85. The van der Waals surface area contributed by atoms with Crippen molar-refractivity contribution in [3.05, 3.63) is 29.3 Å². The van der Waals surface area contributed by atoms with E-state index < -0.39 is 5.97 Å². The summed E-state index contributed by atoms with van der Waals surface area (Å²) in [6.07, 6.45) is 18.0. The third-order valence-corrected chi connectivity index (χ3v) is 5.82. The van der Waals surface area contributed by atoms with Crippen LogP contribution in [0.4, 0.5) is 0 Å². The number of hydrogen-bond donors (Lipinski definition) is 1. The van der Waals surface area contributed by atoms with E-state index in [2.05, 4.69) is 6.92 Å². The van der Waals surface area contributed by atoms with Crippen molar-refractivity contribution in [2.45, 2.75) is 104 Å². The molecule has 1 rings (SSSR count). The van der Waals surface area contributed by atoms with Gasteiger partial charge in [-0.15, -0.1) is 0 Å². The first kappa shape index (κ1) is 28.7. The molecular formula is C28H44O5. The number of phenols is 1. The number of ketones is 1. The fourth-order valence-corrected chi connectivity index (χ4v) is 3.85.